The quantitative estimate of drug-likeness (QED) is 0.466. The SMILES string of the molecule is Cc1ccc(S(=O)(=O)O)cc1.O=C(N[C@H](CO)Cc1ccccc1)OCc1ccccc1. The molecule has 0 saturated carbocycles. The van der Waals surface area contributed by atoms with Gasteiger partial charge in [-0.15, -0.1) is 0 Å². The highest BCUT2D eigenvalue weighted by Crippen LogP contribution is 2.08. The van der Waals surface area contributed by atoms with Crippen molar-refractivity contribution in [3.8, 4) is 0 Å². The van der Waals surface area contributed by atoms with Crippen molar-refractivity contribution in [1.82, 2.24) is 5.32 Å². The van der Waals surface area contributed by atoms with Gasteiger partial charge in [-0.3, -0.25) is 4.55 Å². The molecule has 3 aromatic carbocycles. The normalized spacial score (nSPS) is 11.6. The van der Waals surface area contributed by atoms with Gasteiger partial charge in [-0.2, -0.15) is 8.42 Å². The zero-order valence-corrected chi connectivity index (χ0v) is 18.5. The van der Waals surface area contributed by atoms with E-state index in [1.165, 1.54) is 12.1 Å². The Morgan fingerprint density at radius 1 is 0.906 bits per heavy atom. The average molecular weight is 458 g/mol. The van der Waals surface area contributed by atoms with Crippen molar-refractivity contribution in [3.05, 3.63) is 102 Å². The van der Waals surface area contributed by atoms with Gasteiger partial charge in [-0.25, -0.2) is 4.79 Å². The first-order chi connectivity index (χ1) is 15.3. The molecule has 3 aromatic rings. The molecule has 32 heavy (non-hydrogen) atoms. The Kier molecular flexibility index (Phi) is 9.87. The molecular formula is C24H27NO6S. The van der Waals surface area contributed by atoms with E-state index in [1.54, 1.807) is 12.1 Å². The molecule has 0 aliphatic heterocycles. The third-order valence-electron chi connectivity index (χ3n) is 4.40. The number of alkyl carbamates (subject to hydrolysis) is 1. The summed E-state index contributed by atoms with van der Waals surface area (Å²) in [6, 6.07) is 24.8. The van der Waals surface area contributed by atoms with Crippen molar-refractivity contribution in [3.63, 3.8) is 0 Å². The summed E-state index contributed by atoms with van der Waals surface area (Å²) in [4.78, 5) is 11.7. The zero-order chi connectivity index (χ0) is 23.4. The Hall–Kier alpha value is -3.20. The van der Waals surface area contributed by atoms with Crippen LogP contribution in [0.15, 0.2) is 89.8 Å². The van der Waals surface area contributed by atoms with Gasteiger partial charge in [-0.1, -0.05) is 78.4 Å². The molecule has 1 amide bonds. The first-order valence-electron chi connectivity index (χ1n) is 9.94. The molecule has 0 spiro atoms. The maximum Gasteiger partial charge on any atom is 0.407 e. The minimum Gasteiger partial charge on any atom is -0.445 e. The number of hydrogen-bond acceptors (Lipinski definition) is 5. The minimum absolute atomic E-state index is 0.0666. The Balaban J connectivity index is 0.000000278. The topological polar surface area (TPSA) is 113 Å². The number of hydrogen-bond donors (Lipinski definition) is 3. The van der Waals surface area contributed by atoms with Gasteiger partial charge in [0, 0.05) is 0 Å². The minimum atomic E-state index is -4.02. The average Bonchev–Trinajstić information content (AvgIpc) is 2.79. The number of nitrogens with one attached hydrogen (secondary N) is 1. The summed E-state index contributed by atoms with van der Waals surface area (Å²) < 4.78 is 34.7. The summed E-state index contributed by atoms with van der Waals surface area (Å²) in [6.07, 6.45) is 0.0476. The van der Waals surface area contributed by atoms with Gasteiger partial charge in [0.25, 0.3) is 10.1 Å². The van der Waals surface area contributed by atoms with E-state index in [4.69, 9.17) is 9.29 Å². The zero-order valence-electron chi connectivity index (χ0n) is 17.7. The first-order valence-corrected chi connectivity index (χ1v) is 11.4. The van der Waals surface area contributed by atoms with Gasteiger partial charge in [0.1, 0.15) is 6.61 Å². The molecule has 0 aliphatic carbocycles. The molecule has 0 heterocycles. The summed E-state index contributed by atoms with van der Waals surface area (Å²) in [5, 5.41) is 12.0. The number of amides is 1. The highest BCUT2D eigenvalue weighted by molar-refractivity contribution is 7.85. The predicted octanol–water partition coefficient (Wildman–Crippen LogP) is 3.76. The Labute approximate surface area is 188 Å². The van der Waals surface area contributed by atoms with Crippen LogP contribution in [0, 0.1) is 6.92 Å². The lowest BCUT2D eigenvalue weighted by Gasteiger charge is -2.16. The van der Waals surface area contributed by atoms with Gasteiger partial charge < -0.3 is 15.2 Å². The van der Waals surface area contributed by atoms with Gasteiger partial charge in [0.15, 0.2) is 0 Å². The highest BCUT2D eigenvalue weighted by Gasteiger charge is 2.13. The predicted molar refractivity (Wildman–Crippen MR) is 122 cm³/mol. The van der Waals surface area contributed by atoms with Crippen LogP contribution in [0.2, 0.25) is 0 Å². The van der Waals surface area contributed by atoms with Gasteiger partial charge in [-0.05, 0) is 36.6 Å². The second-order valence-electron chi connectivity index (χ2n) is 7.06. The Morgan fingerprint density at radius 2 is 1.44 bits per heavy atom. The van der Waals surface area contributed by atoms with Crippen LogP contribution in [0.1, 0.15) is 16.7 Å². The number of carbonyl (C=O) groups excluding carboxylic acids is 1. The van der Waals surface area contributed by atoms with Crippen molar-refractivity contribution in [1.29, 1.82) is 0 Å². The summed E-state index contributed by atoms with van der Waals surface area (Å²) in [6.45, 7) is 1.93. The lowest BCUT2D eigenvalue weighted by Crippen LogP contribution is -2.39. The maximum absolute atomic E-state index is 11.7. The van der Waals surface area contributed by atoms with E-state index in [0.29, 0.717) is 6.42 Å². The number of rotatable bonds is 7. The molecule has 0 bridgehead atoms. The van der Waals surface area contributed by atoms with E-state index in [9.17, 15) is 18.3 Å². The second kappa shape index (κ2) is 12.6. The second-order valence-corrected chi connectivity index (χ2v) is 8.48. The lowest BCUT2D eigenvalue weighted by atomic mass is 10.1. The largest absolute Gasteiger partial charge is 0.445 e. The lowest BCUT2D eigenvalue weighted by molar-refractivity contribution is 0.129. The number of aliphatic hydroxyl groups is 1. The van der Waals surface area contributed by atoms with Crippen LogP contribution in [-0.2, 0) is 27.9 Å². The number of ether oxygens (including phenoxy) is 1. The van der Waals surface area contributed by atoms with Crippen LogP contribution < -0.4 is 5.32 Å². The molecule has 0 aliphatic rings. The Bertz CT molecular complexity index is 1050. The summed E-state index contributed by atoms with van der Waals surface area (Å²) in [7, 11) is -4.02. The van der Waals surface area contributed by atoms with E-state index >= 15 is 0 Å². The fourth-order valence-electron chi connectivity index (χ4n) is 2.70. The van der Waals surface area contributed by atoms with Gasteiger partial charge in [0.2, 0.25) is 0 Å². The van der Waals surface area contributed by atoms with Crippen LogP contribution in [0.5, 0.6) is 0 Å². The molecule has 0 saturated heterocycles. The van der Waals surface area contributed by atoms with E-state index < -0.39 is 16.2 Å². The molecule has 0 unspecified atom stereocenters. The molecule has 0 radical (unpaired) electrons. The number of carbonyl (C=O) groups is 1. The summed E-state index contributed by atoms with van der Waals surface area (Å²) in [5.74, 6) is 0. The fraction of sp³-hybridized carbons (Fsp3) is 0.208. The number of aliphatic hydroxyl groups excluding tert-OH is 1. The third kappa shape index (κ3) is 9.30. The first kappa shape index (κ1) is 25.1. The molecule has 7 nitrogen and oxygen atoms in total. The van der Waals surface area contributed by atoms with Crippen molar-refractivity contribution in [2.75, 3.05) is 6.61 Å². The molecular weight excluding hydrogens is 430 g/mol. The van der Waals surface area contributed by atoms with E-state index in [1.807, 2.05) is 67.6 Å². The van der Waals surface area contributed by atoms with Crippen molar-refractivity contribution >= 4 is 16.2 Å². The van der Waals surface area contributed by atoms with Crippen LogP contribution in [-0.4, -0.2) is 36.8 Å². The monoisotopic (exact) mass is 457 g/mol. The van der Waals surface area contributed by atoms with E-state index in [0.717, 1.165) is 16.7 Å². The van der Waals surface area contributed by atoms with Crippen LogP contribution >= 0.6 is 0 Å². The summed E-state index contributed by atoms with van der Waals surface area (Å²) in [5.41, 5.74) is 2.94. The van der Waals surface area contributed by atoms with E-state index in [2.05, 4.69) is 5.32 Å². The van der Waals surface area contributed by atoms with Crippen molar-refractivity contribution in [2.24, 2.45) is 0 Å². The molecule has 1 atom stereocenters. The number of benzene rings is 3. The molecule has 3 rings (SSSR count). The van der Waals surface area contributed by atoms with Gasteiger partial charge in [0.05, 0.1) is 17.5 Å². The smallest absolute Gasteiger partial charge is 0.407 e. The molecule has 3 N–H and O–H groups in total. The van der Waals surface area contributed by atoms with Crippen LogP contribution in [0.3, 0.4) is 0 Å². The van der Waals surface area contributed by atoms with Crippen LogP contribution in [0.4, 0.5) is 4.79 Å². The third-order valence-corrected chi connectivity index (χ3v) is 5.27. The maximum atomic E-state index is 11.7. The van der Waals surface area contributed by atoms with E-state index in [-0.39, 0.29) is 24.2 Å². The standard InChI is InChI=1S/C17H19NO3.C7H8O3S/c19-12-16(11-14-7-3-1-4-8-14)18-17(20)21-13-15-9-5-2-6-10-15;1-6-2-4-7(5-3-6)11(8,9)10/h1-10,16,19H,11-13H2,(H,18,20);2-5H,1H3,(H,8,9,10)/t16-;/m0./s1. The molecule has 0 fully saturated rings. The fourth-order valence-corrected chi connectivity index (χ4v) is 3.18. The summed E-state index contributed by atoms with van der Waals surface area (Å²) >= 11 is 0. The number of aryl methyl sites for hydroxylation is 1. The van der Waals surface area contributed by atoms with Gasteiger partial charge >= 0.3 is 6.09 Å². The van der Waals surface area contributed by atoms with Crippen molar-refractivity contribution < 1.29 is 27.6 Å². The Morgan fingerprint density at radius 3 is 1.94 bits per heavy atom. The van der Waals surface area contributed by atoms with Crippen LogP contribution in [0.25, 0.3) is 0 Å². The highest BCUT2D eigenvalue weighted by atomic mass is 32.2. The van der Waals surface area contributed by atoms with Crippen molar-refractivity contribution in [2.45, 2.75) is 30.9 Å². The molecule has 170 valence electrons. The molecule has 0 aromatic heterocycles. The molecule has 8 heteroatoms.